The summed E-state index contributed by atoms with van der Waals surface area (Å²) >= 11 is 9.55. The molecule has 2 aromatic rings. The quantitative estimate of drug-likeness (QED) is 0.539. The lowest BCUT2D eigenvalue weighted by atomic mass is 9.94. The first-order valence-electron chi connectivity index (χ1n) is 9.19. The summed E-state index contributed by atoms with van der Waals surface area (Å²) in [7, 11) is 1.53. The van der Waals surface area contributed by atoms with Crippen molar-refractivity contribution in [2.45, 2.75) is 19.9 Å². The first kappa shape index (κ1) is 22.0. The highest BCUT2D eigenvalue weighted by Crippen LogP contribution is 2.39. The number of methoxy groups -OCH3 is 1. The van der Waals surface area contributed by atoms with Crippen LogP contribution in [0.2, 0.25) is 5.02 Å². The minimum absolute atomic E-state index is 0.362. The number of amides is 3. The third-order valence-electron chi connectivity index (χ3n) is 4.49. The molecule has 0 radical (unpaired) electrons. The van der Waals surface area contributed by atoms with Gasteiger partial charge in [0.1, 0.15) is 0 Å². The Balaban J connectivity index is 2.02. The molecule has 0 aromatic heterocycles. The number of carbonyl (C=O) groups is 2. The van der Waals surface area contributed by atoms with Gasteiger partial charge in [-0.1, -0.05) is 33.6 Å². The van der Waals surface area contributed by atoms with E-state index in [4.69, 9.17) is 21.1 Å². The molecule has 3 amide bonds. The number of rotatable bonds is 6. The van der Waals surface area contributed by atoms with Gasteiger partial charge in [0, 0.05) is 20.9 Å². The minimum atomic E-state index is -0.711. The number of benzene rings is 2. The van der Waals surface area contributed by atoms with Gasteiger partial charge in [-0.3, -0.25) is 4.79 Å². The molecule has 0 saturated carbocycles. The number of ether oxygens (including phenoxy) is 2. The zero-order valence-electron chi connectivity index (χ0n) is 16.6. The van der Waals surface area contributed by atoms with Crippen LogP contribution in [0.4, 0.5) is 10.5 Å². The Bertz CT molecular complexity index is 1030. The van der Waals surface area contributed by atoms with Crippen LogP contribution in [0.5, 0.6) is 11.5 Å². The molecular formula is C21H21BrClN3O4. The van der Waals surface area contributed by atoms with E-state index in [1.54, 1.807) is 43.3 Å². The molecule has 0 fully saturated rings. The van der Waals surface area contributed by atoms with E-state index >= 15 is 0 Å². The molecule has 0 saturated heterocycles. The Kier molecular flexibility index (Phi) is 6.89. The van der Waals surface area contributed by atoms with Gasteiger partial charge in [-0.2, -0.15) is 0 Å². The number of halogens is 2. The molecule has 0 spiro atoms. The van der Waals surface area contributed by atoms with E-state index in [0.717, 1.165) is 0 Å². The fourth-order valence-electron chi connectivity index (χ4n) is 3.19. The summed E-state index contributed by atoms with van der Waals surface area (Å²) in [5.41, 5.74) is 2.01. The van der Waals surface area contributed by atoms with Crippen LogP contribution in [0.1, 0.15) is 25.5 Å². The van der Waals surface area contributed by atoms with E-state index in [9.17, 15) is 9.59 Å². The van der Waals surface area contributed by atoms with Gasteiger partial charge in [-0.15, -0.1) is 0 Å². The van der Waals surface area contributed by atoms with Crippen LogP contribution in [0, 0.1) is 0 Å². The number of anilines is 1. The summed E-state index contributed by atoms with van der Waals surface area (Å²) in [4.78, 5) is 25.3. The number of hydrogen-bond donors (Lipinski definition) is 3. The number of carbonyl (C=O) groups excluding carboxylic acids is 2. The summed E-state index contributed by atoms with van der Waals surface area (Å²) in [6.07, 6.45) is 0. The molecule has 3 rings (SSSR count). The number of urea groups is 1. The normalized spacial score (nSPS) is 15.9. The molecule has 7 nitrogen and oxygen atoms in total. The van der Waals surface area contributed by atoms with Crippen LogP contribution >= 0.6 is 27.5 Å². The minimum Gasteiger partial charge on any atom is -0.493 e. The van der Waals surface area contributed by atoms with Crippen LogP contribution in [0.3, 0.4) is 0 Å². The highest BCUT2D eigenvalue weighted by Gasteiger charge is 2.33. The second-order valence-electron chi connectivity index (χ2n) is 6.49. The van der Waals surface area contributed by atoms with Crippen molar-refractivity contribution in [3.63, 3.8) is 0 Å². The summed E-state index contributed by atoms with van der Waals surface area (Å²) in [5, 5.41) is 8.81. The summed E-state index contributed by atoms with van der Waals surface area (Å²) in [5.74, 6) is 0.684. The van der Waals surface area contributed by atoms with Crippen molar-refractivity contribution in [2.75, 3.05) is 19.0 Å². The molecule has 3 N–H and O–H groups in total. The monoisotopic (exact) mass is 493 g/mol. The zero-order valence-corrected chi connectivity index (χ0v) is 19.0. The number of hydrogen-bond acceptors (Lipinski definition) is 4. The topological polar surface area (TPSA) is 88.7 Å². The smallest absolute Gasteiger partial charge is 0.319 e. The molecule has 9 heteroatoms. The van der Waals surface area contributed by atoms with Gasteiger partial charge in [-0.25, -0.2) is 4.79 Å². The second-order valence-corrected chi connectivity index (χ2v) is 7.78. The van der Waals surface area contributed by atoms with Crippen molar-refractivity contribution < 1.29 is 19.1 Å². The molecule has 2 aromatic carbocycles. The molecule has 1 aliphatic heterocycles. The van der Waals surface area contributed by atoms with Crippen LogP contribution < -0.4 is 25.4 Å². The molecular weight excluding hydrogens is 474 g/mol. The summed E-state index contributed by atoms with van der Waals surface area (Å²) in [6, 6.07) is 9.23. The standard InChI is InChI=1S/C21H21BrClN3O4/c1-4-30-17-10-15(22)14(9-16(17)29-3)19-18(11(2)24-21(28)26-19)20(27)25-13-7-5-6-12(23)8-13/h5-10,19H,4H2,1-3H3,(H,25,27)(H2,24,26,28)/t19-/m1/s1. The maximum absolute atomic E-state index is 13.1. The fraction of sp³-hybridized carbons (Fsp3) is 0.238. The van der Waals surface area contributed by atoms with E-state index in [-0.39, 0.29) is 5.91 Å². The van der Waals surface area contributed by atoms with Crippen molar-refractivity contribution >= 4 is 45.2 Å². The van der Waals surface area contributed by atoms with E-state index in [1.807, 2.05) is 6.92 Å². The van der Waals surface area contributed by atoms with Crippen LogP contribution in [0.25, 0.3) is 0 Å². The highest BCUT2D eigenvalue weighted by atomic mass is 79.9. The molecule has 0 bridgehead atoms. The van der Waals surface area contributed by atoms with Gasteiger partial charge in [-0.05, 0) is 49.7 Å². The van der Waals surface area contributed by atoms with Crippen molar-refractivity contribution in [3.8, 4) is 11.5 Å². The second kappa shape index (κ2) is 9.40. The largest absolute Gasteiger partial charge is 0.493 e. The predicted molar refractivity (Wildman–Crippen MR) is 119 cm³/mol. The fourth-order valence-corrected chi connectivity index (χ4v) is 3.93. The Morgan fingerprint density at radius 2 is 2.03 bits per heavy atom. The average Bonchev–Trinajstić information content (AvgIpc) is 2.67. The van der Waals surface area contributed by atoms with E-state index in [2.05, 4.69) is 31.9 Å². The summed E-state index contributed by atoms with van der Waals surface area (Å²) in [6.45, 7) is 4.02. The lowest BCUT2D eigenvalue weighted by Gasteiger charge is -2.29. The molecule has 0 aliphatic carbocycles. The first-order chi connectivity index (χ1) is 14.3. The number of allylic oxidation sites excluding steroid dienone is 1. The maximum Gasteiger partial charge on any atom is 0.319 e. The first-order valence-corrected chi connectivity index (χ1v) is 10.4. The molecule has 1 atom stereocenters. The highest BCUT2D eigenvalue weighted by molar-refractivity contribution is 9.10. The predicted octanol–water partition coefficient (Wildman–Crippen LogP) is 4.78. The lowest BCUT2D eigenvalue weighted by Crippen LogP contribution is -2.46. The van der Waals surface area contributed by atoms with Crippen molar-refractivity contribution in [1.82, 2.24) is 10.6 Å². The summed E-state index contributed by atoms with van der Waals surface area (Å²) < 4.78 is 11.7. The average molecular weight is 495 g/mol. The molecule has 0 unspecified atom stereocenters. The third-order valence-corrected chi connectivity index (χ3v) is 5.41. The van der Waals surface area contributed by atoms with E-state index in [0.29, 0.717) is 50.1 Å². The Morgan fingerprint density at radius 1 is 1.27 bits per heavy atom. The van der Waals surface area contributed by atoms with E-state index < -0.39 is 12.1 Å². The Labute approximate surface area is 187 Å². The Morgan fingerprint density at radius 3 is 2.70 bits per heavy atom. The van der Waals surface area contributed by atoms with Crippen LogP contribution in [0.15, 0.2) is 52.1 Å². The van der Waals surface area contributed by atoms with Crippen LogP contribution in [-0.2, 0) is 4.79 Å². The van der Waals surface area contributed by atoms with Crippen molar-refractivity contribution in [1.29, 1.82) is 0 Å². The Hall–Kier alpha value is -2.71. The van der Waals surface area contributed by atoms with Gasteiger partial charge in [0.25, 0.3) is 5.91 Å². The SMILES string of the molecule is CCOc1cc(Br)c([C@H]2NC(=O)NC(C)=C2C(=O)Nc2cccc(Cl)c2)cc1OC. The zero-order chi connectivity index (χ0) is 21.8. The molecule has 30 heavy (non-hydrogen) atoms. The van der Waals surface area contributed by atoms with Gasteiger partial charge in [0.2, 0.25) is 0 Å². The third kappa shape index (κ3) is 4.71. The maximum atomic E-state index is 13.1. The van der Waals surface area contributed by atoms with Crippen LogP contribution in [-0.4, -0.2) is 25.7 Å². The van der Waals surface area contributed by atoms with Gasteiger partial charge < -0.3 is 25.4 Å². The van der Waals surface area contributed by atoms with Gasteiger partial charge in [0.05, 0.1) is 25.3 Å². The van der Waals surface area contributed by atoms with Gasteiger partial charge >= 0.3 is 6.03 Å². The van der Waals surface area contributed by atoms with Gasteiger partial charge in [0.15, 0.2) is 11.5 Å². The van der Waals surface area contributed by atoms with E-state index in [1.165, 1.54) is 7.11 Å². The van der Waals surface area contributed by atoms with Crippen molar-refractivity contribution in [2.24, 2.45) is 0 Å². The molecule has 1 aliphatic rings. The lowest BCUT2D eigenvalue weighted by molar-refractivity contribution is -0.113. The molecule has 1 heterocycles. The molecule has 158 valence electrons. The van der Waals surface area contributed by atoms with Crippen molar-refractivity contribution in [3.05, 3.63) is 62.7 Å². The number of nitrogens with one attached hydrogen (secondary N) is 3.